The molecule has 4 aromatic rings. The second-order valence-corrected chi connectivity index (χ2v) is 11.2. The molecule has 1 saturated carbocycles. The number of carbonyl (C=O) groups excluding carboxylic acids is 2. The van der Waals surface area contributed by atoms with Gasteiger partial charge in [-0.3, -0.25) is 9.59 Å². The molecule has 0 radical (unpaired) electrons. The zero-order valence-corrected chi connectivity index (χ0v) is 22.6. The van der Waals surface area contributed by atoms with E-state index in [-0.39, 0.29) is 53.4 Å². The van der Waals surface area contributed by atoms with E-state index in [0.29, 0.717) is 54.6 Å². The van der Waals surface area contributed by atoms with Gasteiger partial charge in [-0.15, -0.1) is 0 Å². The van der Waals surface area contributed by atoms with Gasteiger partial charge in [0.1, 0.15) is 22.8 Å². The molecule has 2 aliphatic heterocycles. The molecule has 4 heterocycles. The van der Waals surface area contributed by atoms with Crippen LogP contribution in [0, 0.1) is 0 Å². The van der Waals surface area contributed by atoms with E-state index in [0.717, 1.165) is 34.9 Å². The van der Waals surface area contributed by atoms with Crippen molar-refractivity contribution in [2.24, 2.45) is 0 Å². The van der Waals surface area contributed by atoms with Crippen LogP contribution in [-0.4, -0.2) is 92.6 Å². The number of carboxylic acid groups (broad SMARTS) is 1. The normalized spacial score (nSPS) is 17.4. The van der Waals surface area contributed by atoms with Crippen molar-refractivity contribution >= 4 is 58.1 Å². The number of carboxylic acids is 1. The topological polar surface area (TPSA) is 111 Å². The monoisotopic (exact) mass is 575 g/mol. The first-order chi connectivity index (χ1) is 19.8. The van der Waals surface area contributed by atoms with Gasteiger partial charge in [-0.2, -0.15) is 0 Å². The molecule has 0 bridgehead atoms. The molecule has 2 aromatic carbocycles. The number of hydrogen-bond acceptors (Lipinski definition) is 6. The van der Waals surface area contributed by atoms with Crippen molar-refractivity contribution in [1.29, 1.82) is 0 Å². The second kappa shape index (κ2) is 10.9. The SMILES string of the molecule is COc1cc(C(=O)N2CCC3(CC2)CC(=O)c2cc(-c4ccc(C(=O)O)nc4)ccc2O3)cc2c1ccn2C1CC1.[NaH]. The van der Waals surface area contributed by atoms with E-state index in [4.69, 9.17) is 14.6 Å². The van der Waals surface area contributed by atoms with Gasteiger partial charge in [0.2, 0.25) is 0 Å². The Balaban J connectivity index is 0.00000316. The van der Waals surface area contributed by atoms with E-state index < -0.39 is 11.6 Å². The van der Waals surface area contributed by atoms with Crippen molar-refractivity contribution in [3.63, 3.8) is 0 Å². The van der Waals surface area contributed by atoms with Crippen LogP contribution >= 0.6 is 0 Å². The quantitative estimate of drug-likeness (QED) is 0.343. The summed E-state index contributed by atoms with van der Waals surface area (Å²) in [5.41, 5.74) is 2.94. The number of benzene rings is 2. The van der Waals surface area contributed by atoms with Crippen LogP contribution in [0.4, 0.5) is 0 Å². The molecule has 1 N–H and O–H groups in total. The molecular formula is C32H30N3NaO6. The number of nitrogens with zero attached hydrogens (tertiary/aromatic N) is 3. The fourth-order valence-corrected chi connectivity index (χ4v) is 6.14. The van der Waals surface area contributed by atoms with Gasteiger partial charge in [0.25, 0.3) is 5.91 Å². The number of hydrogen-bond donors (Lipinski definition) is 1. The summed E-state index contributed by atoms with van der Waals surface area (Å²) in [5.74, 6) is 0.103. The molecule has 7 rings (SSSR count). The van der Waals surface area contributed by atoms with E-state index in [9.17, 15) is 14.4 Å². The van der Waals surface area contributed by atoms with E-state index in [2.05, 4.69) is 21.8 Å². The summed E-state index contributed by atoms with van der Waals surface area (Å²) in [7, 11) is 1.63. The predicted molar refractivity (Wildman–Crippen MR) is 158 cm³/mol. The summed E-state index contributed by atoms with van der Waals surface area (Å²) < 4.78 is 14.3. The van der Waals surface area contributed by atoms with Crippen LogP contribution in [0.5, 0.6) is 11.5 Å². The molecule has 2 aromatic heterocycles. The number of carbonyl (C=O) groups is 3. The first-order valence-corrected chi connectivity index (χ1v) is 13.9. The standard InChI is InChI=1S/C32H29N3O6.Na.H/c1-40-29-16-21(15-26-23(29)8-11-35(26)22-4-5-22)30(37)34-12-9-32(10-13-34)17-27(36)24-14-19(3-7-28(24)41-32)20-2-6-25(31(38)39)33-18-20;;/h2-3,6-8,11,14-16,18,22H,4-5,9-10,12-13,17H2,1H3,(H,38,39);;. The summed E-state index contributed by atoms with van der Waals surface area (Å²) in [5, 5.41) is 10.1. The molecule has 210 valence electrons. The molecule has 1 amide bonds. The third-order valence-electron chi connectivity index (χ3n) is 8.57. The maximum atomic E-state index is 13.6. The number of methoxy groups -OCH3 is 1. The van der Waals surface area contributed by atoms with Crippen LogP contribution < -0.4 is 9.47 Å². The van der Waals surface area contributed by atoms with Gasteiger partial charge in [-0.05, 0) is 54.8 Å². The Morgan fingerprint density at radius 1 is 1.05 bits per heavy atom. The van der Waals surface area contributed by atoms with Gasteiger partial charge in [0.05, 0.1) is 24.6 Å². The molecule has 9 nitrogen and oxygen atoms in total. The second-order valence-electron chi connectivity index (χ2n) is 11.2. The number of pyridine rings is 1. The Labute approximate surface area is 264 Å². The zero-order chi connectivity index (χ0) is 28.3. The molecule has 0 atom stereocenters. The molecule has 1 spiro atoms. The van der Waals surface area contributed by atoms with Gasteiger partial charge >= 0.3 is 35.5 Å². The number of aromatic nitrogens is 2. The van der Waals surface area contributed by atoms with E-state index >= 15 is 0 Å². The van der Waals surface area contributed by atoms with Gasteiger partial charge in [-0.1, -0.05) is 12.1 Å². The molecule has 1 aliphatic carbocycles. The Hall–Kier alpha value is -3.66. The van der Waals surface area contributed by atoms with Gasteiger partial charge in [0.15, 0.2) is 5.78 Å². The van der Waals surface area contributed by atoms with E-state index in [1.54, 1.807) is 25.3 Å². The summed E-state index contributed by atoms with van der Waals surface area (Å²) in [6, 6.07) is 14.9. The van der Waals surface area contributed by atoms with Crippen molar-refractivity contribution in [2.45, 2.75) is 43.7 Å². The zero-order valence-electron chi connectivity index (χ0n) is 22.6. The van der Waals surface area contributed by atoms with Crippen LogP contribution in [0.25, 0.3) is 22.0 Å². The number of ether oxygens (including phenoxy) is 2. The summed E-state index contributed by atoms with van der Waals surface area (Å²) in [4.78, 5) is 43.9. The van der Waals surface area contributed by atoms with Gasteiger partial charge in [0, 0.05) is 60.9 Å². The molecule has 3 aliphatic rings. The maximum absolute atomic E-state index is 13.6. The first-order valence-electron chi connectivity index (χ1n) is 13.9. The van der Waals surface area contributed by atoms with Crippen molar-refractivity contribution < 1.29 is 29.0 Å². The molecule has 2 fully saturated rings. The number of Topliss-reactive ketones (excluding diaryl/α,β-unsaturated/α-hetero) is 1. The average molecular weight is 576 g/mol. The summed E-state index contributed by atoms with van der Waals surface area (Å²) >= 11 is 0. The van der Waals surface area contributed by atoms with Crippen LogP contribution in [0.3, 0.4) is 0 Å². The number of rotatable bonds is 5. The minimum atomic E-state index is -1.09. The predicted octanol–water partition coefficient (Wildman–Crippen LogP) is 4.74. The van der Waals surface area contributed by atoms with Gasteiger partial charge in [-0.25, -0.2) is 9.78 Å². The molecule has 10 heteroatoms. The van der Waals surface area contributed by atoms with Crippen LogP contribution in [0.15, 0.2) is 60.9 Å². The summed E-state index contributed by atoms with van der Waals surface area (Å²) in [6.45, 7) is 0.982. The first kappa shape index (κ1) is 28.5. The van der Waals surface area contributed by atoms with E-state index in [1.807, 2.05) is 23.1 Å². The average Bonchev–Trinajstić information content (AvgIpc) is 3.74. The van der Waals surface area contributed by atoms with Crippen LogP contribution in [0.1, 0.15) is 69.4 Å². The Bertz CT molecular complexity index is 1720. The Morgan fingerprint density at radius 2 is 1.81 bits per heavy atom. The van der Waals surface area contributed by atoms with E-state index in [1.165, 1.54) is 12.3 Å². The van der Waals surface area contributed by atoms with Crippen molar-refractivity contribution in [1.82, 2.24) is 14.5 Å². The number of aromatic carboxylic acids is 1. The van der Waals surface area contributed by atoms with Crippen LogP contribution in [-0.2, 0) is 0 Å². The van der Waals surface area contributed by atoms with Crippen molar-refractivity contribution in [3.05, 3.63) is 77.7 Å². The number of ketones is 1. The molecule has 1 saturated heterocycles. The fourth-order valence-electron chi connectivity index (χ4n) is 6.14. The molecular weight excluding hydrogens is 545 g/mol. The van der Waals surface area contributed by atoms with Crippen molar-refractivity contribution in [2.75, 3.05) is 20.2 Å². The number of piperidine rings is 1. The minimum absolute atomic E-state index is 0. The number of fused-ring (bicyclic) bond motifs is 2. The Morgan fingerprint density at radius 3 is 2.48 bits per heavy atom. The summed E-state index contributed by atoms with van der Waals surface area (Å²) in [6.07, 6.45) is 7.24. The fraction of sp³-hybridized carbons (Fsp3) is 0.312. The molecule has 42 heavy (non-hydrogen) atoms. The molecule has 0 unspecified atom stereocenters. The third kappa shape index (κ3) is 4.99. The van der Waals surface area contributed by atoms with Gasteiger partial charge < -0.3 is 24.0 Å². The van der Waals surface area contributed by atoms with Crippen molar-refractivity contribution in [3.8, 4) is 22.6 Å². The number of amides is 1. The van der Waals surface area contributed by atoms with Crippen LogP contribution in [0.2, 0.25) is 0 Å². The Kier molecular flexibility index (Phi) is 7.37. The third-order valence-corrected chi connectivity index (χ3v) is 8.57. The number of likely N-dealkylation sites (tertiary alicyclic amines) is 1.